The fourth-order valence-electron chi connectivity index (χ4n) is 5.38. The minimum absolute atomic E-state index is 0.177. The van der Waals surface area contributed by atoms with Crippen LogP contribution in [0.1, 0.15) is 44.3 Å². The summed E-state index contributed by atoms with van der Waals surface area (Å²) in [4.78, 5) is 20.3. The number of hydrogen-bond donors (Lipinski definition) is 1. The molecule has 2 atom stereocenters. The molecule has 2 unspecified atom stereocenters. The molecule has 2 saturated heterocycles. The Kier molecular flexibility index (Phi) is 5.46. The van der Waals surface area contributed by atoms with Crippen LogP contribution < -0.4 is 15.0 Å². The molecule has 3 aromatic rings. The molecule has 2 bridgehead atoms. The standard InChI is InChI=1S/C25H30N6O2/c1-16-26-9-8-24(29-16)30-17-2-4-19(5-3-17)33-23-13-18(12-22-25(23)28-11-10-27-22)31-14-20-6-7-21(15-31)32-20/h8-13,17,19-21H,2-7,14-15H2,1H3,(H,26,29,30). The van der Waals surface area contributed by atoms with Crippen LogP contribution >= 0.6 is 0 Å². The van der Waals surface area contributed by atoms with E-state index in [1.165, 1.54) is 0 Å². The number of aromatic nitrogens is 4. The second kappa shape index (κ2) is 8.74. The van der Waals surface area contributed by atoms with E-state index in [-0.39, 0.29) is 6.10 Å². The van der Waals surface area contributed by atoms with Gasteiger partial charge in [-0.25, -0.2) is 15.0 Å². The van der Waals surface area contributed by atoms with Crippen molar-refractivity contribution in [2.24, 2.45) is 0 Å². The van der Waals surface area contributed by atoms with Gasteiger partial charge in [-0.05, 0) is 57.6 Å². The van der Waals surface area contributed by atoms with Gasteiger partial charge in [0.15, 0.2) is 0 Å². The first-order valence-electron chi connectivity index (χ1n) is 12.1. The molecule has 33 heavy (non-hydrogen) atoms. The number of aryl methyl sites for hydroxylation is 1. The van der Waals surface area contributed by atoms with Crippen LogP contribution in [0.5, 0.6) is 5.75 Å². The molecule has 3 fully saturated rings. The molecule has 8 nitrogen and oxygen atoms in total. The number of anilines is 2. The molecule has 2 aromatic heterocycles. The fraction of sp³-hybridized carbons (Fsp3) is 0.520. The predicted octanol–water partition coefficient (Wildman–Crippen LogP) is 3.90. The van der Waals surface area contributed by atoms with Crippen molar-refractivity contribution in [2.75, 3.05) is 23.3 Å². The Bertz CT molecular complexity index is 1120. The molecule has 6 rings (SSSR count). The minimum atomic E-state index is 0.177. The first-order chi connectivity index (χ1) is 16.2. The van der Waals surface area contributed by atoms with E-state index in [1.807, 2.05) is 13.0 Å². The third-order valence-electron chi connectivity index (χ3n) is 7.03. The summed E-state index contributed by atoms with van der Waals surface area (Å²) in [5.41, 5.74) is 2.89. The molecule has 0 radical (unpaired) electrons. The second-order valence-electron chi connectivity index (χ2n) is 9.46. The Hall–Kier alpha value is -3.00. The SMILES string of the molecule is Cc1nccc(NC2CCC(Oc3cc(N4CC5CCC(C4)O5)cc4nccnc34)CC2)n1. The van der Waals surface area contributed by atoms with Crippen molar-refractivity contribution >= 4 is 22.5 Å². The summed E-state index contributed by atoms with van der Waals surface area (Å²) in [6, 6.07) is 6.65. The lowest BCUT2D eigenvalue weighted by molar-refractivity contribution is 0.0305. The first-order valence-corrected chi connectivity index (χ1v) is 12.1. The number of nitrogens with zero attached hydrogens (tertiary/aromatic N) is 5. The normalized spacial score (nSPS) is 27.0. The van der Waals surface area contributed by atoms with Gasteiger partial charge in [-0.1, -0.05) is 0 Å². The Morgan fingerprint density at radius 2 is 1.73 bits per heavy atom. The molecule has 1 N–H and O–H groups in total. The van der Waals surface area contributed by atoms with Crippen molar-refractivity contribution in [1.29, 1.82) is 0 Å². The van der Waals surface area contributed by atoms with E-state index in [0.29, 0.717) is 18.2 Å². The van der Waals surface area contributed by atoms with Crippen LogP contribution in [0.2, 0.25) is 0 Å². The Balaban J connectivity index is 1.16. The monoisotopic (exact) mass is 446 g/mol. The molecule has 8 heteroatoms. The van der Waals surface area contributed by atoms with Crippen molar-refractivity contribution in [2.45, 2.75) is 69.8 Å². The van der Waals surface area contributed by atoms with E-state index >= 15 is 0 Å². The quantitative estimate of drug-likeness (QED) is 0.632. The maximum Gasteiger partial charge on any atom is 0.149 e. The smallest absolute Gasteiger partial charge is 0.149 e. The molecule has 0 spiro atoms. The van der Waals surface area contributed by atoms with Crippen LogP contribution in [0.4, 0.5) is 11.5 Å². The predicted molar refractivity (Wildman–Crippen MR) is 127 cm³/mol. The average molecular weight is 447 g/mol. The van der Waals surface area contributed by atoms with E-state index in [9.17, 15) is 0 Å². The summed E-state index contributed by atoms with van der Waals surface area (Å²) < 4.78 is 12.6. The maximum atomic E-state index is 6.57. The molecule has 172 valence electrons. The van der Waals surface area contributed by atoms with Gasteiger partial charge < -0.3 is 19.7 Å². The summed E-state index contributed by atoms with van der Waals surface area (Å²) >= 11 is 0. The van der Waals surface area contributed by atoms with Crippen LogP contribution in [0.3, 0.4) is 0 Å². The zero-order valence-electron chi connectivity index (χ0n) is 19.0. The maximum absolute atomic E-state index is 6.57. The number of nitrogens with one attached hydrogen (secondary N) is 1. The molecule has 1 saturated carbocycles. The van der Waals surface area contributed by atoms with Crippen molar-refractivity contribution in [1.82, 2.24) is 19.9 Å². The number of morpholine rings is 1. The molecule has 2 aliphatic heterocycles. The van der Waals surface area contributed by atoms with Crippen molar-refractivity contribution in [3.63, 3.8) is 0 Å². The van der Waals surface area contributed by atoms with E-state index < -0.39 is 0 Å². The largest absolute Gasteiger partial charge is 0.488 e. The van der Waals surface area contributed by atoms with Crippen LogP contribution in [0.15, 0.2) is 36.8 Å². The van der Waals surface area contributed by atoms with Crippen LogP contribution in [0.25, 0.3) is 11.0 Å². The number of benzene rings is 1. The van der Waals surface area contributed by atoms with Gasteiger partial charge in [0.2, 0.25) is 0 Å². The summed E-state index contributed by atoms with van der Waals surface area (Å²) in [6.07, 6.45) is 12.6. The van der Waals surface area contributed by atoms with Gasteiger partial charge in [0, 0.05) is 49.5 Å². The summed E-state index contributed by atoms with van der Waals surface area (Å²) in [6.45, 7) is 3.78. The highest BCUT2D eigenvalue weighted by Gasteiger charge is 2.34. The van der Waals surface area contributed by atoms with Gasteiger partial charge in [-0.3, -0.25) is 4.98 Å². The average Bonchev–Trinajstić information content (AvgIpc) is 3.17. The number of rotatable bonds is 5. The van der Waals surface area contributed by atoms with Crippen LogP contribution in [-0.4, -0.2) is 57.4 Å². The highest BCUT2D eigenvalue weighted by Crippen LogP contribution is 2.36. The molecular weight excluding hydrogens is 416 g/mol. The van der Waals surface area contributed by atoms with E-state index in [2.05, 4.69) is 42.3 Å². The fourth-order valence-corrected chi connectivity index (χ4v) is 5.38. The molecule has 0 amide bonds. The lowest BCUT2D eigenvalue weighted by atomic mass is 9.93. The number of fused-ring (bicyclic) bond motifs is 3. The molecular formula is C25H30N6O2. The van der Waals surface area contributed by atoms with Crippen molar-refractivity contribution in [3.8, 4) is 5.75 Å². The molecule has 4 heterocycles. The Labute approximate surface area is 193 Å². The van der Waals surface area contributed by atoms with Crippen LogP contribution in [-0.2, 0) is 4.74 Å². The summed E-state index contributed by atoms with van der Waals surface area (Å²) in [5, 5.41) is 3.55. The van der Waals surface area contributed by atoms with E-state index in [1.54, 1.807) is 18.6 Å². The third-order valence-corrected chi connectivity index (χ3v) is 7.03. The van der Waals surface area contributed by atoms with Gasteiger partial charge in [0.05, 0.1) is 23.8 Å². The summed E-state index contributed by atoms with van der Waals surface area (Å²) in [7, 11) is 0. The zero-order valence-corrected chi connectivity index (χ0v) is 19.0. The highest BCUT2D eigenvalue weighted by atomic mass is 16.5. The number of hydrogen-bond acceptors (Lipinski definition) is 8. The van der Waals surface area contributed by atoms with E-state index in [4.69, 9.17) is 9.47 Å². The minimum Gasteiger partial charge on any atom is -0.488 e. The molecule has 3 aliphatic rings. The first kappa shape index (κ1) is 20.6. The van der Waals surface area contributed by atoms with Crippen molar-refractivity contribution < 1.29 is 9.47 Å². The highest BCUT2D eigenvalue weighted by molar-refractivity contribution is 5.85. The van der Waals surface area contributed by atoms with Gasteiger partial charge in [-0.15, -0.1) is 0 Å². The van der Waals surface area contributed by atoms with Gasteiger partial charge in [0.1, 0.15) is 22.9 Å². The van der Waals surface area contributed by atoms with Gasteiger partial charge in [0.25, 0.3) is 0 Å². The van der Waals surface area contributed by atoms with Gasteiger partial charge >= 0.3 is 0 Å². The molecule has 1 aromatic carbocycles. The van der Waals surface area contributed by atoms with Crippen molar-refractivity contribution in [3.05, 3.63) is 42.6 Å². The molecule has 1 aliphatic carbocycles. The topological polar surface area (TPSA) is 85.3 Å². The van der Waals surface area contributed by atoms with Gasteiger partial charge in [-0.2, -0.15) is 0 Å². The summed E-state index contributed by atoms with van der Waals surface area (Å²) in [5.74, 6) is 2.54. The zero-order chi connectivity index (χ0) is 22.2. The lowest BCUT2D eigenvalue weighted by Gasteiger charge is -2.34. The van der Waals surface area contributed by atoms with Crippen LogP contribution in [0, 0.1) is 6.92 Å². The Morgan fingerprint density at radius 3 is 2.52 bits per heavy atom. The van der Waals surface area contributed by atoms with E-state index in [0.717, 1.165) is 85.7 Å². The second-order valence-corrected chi connectivity index (χ2v) is 9.46. The lowest BCUT2D eigenvalue weighted by Crippen LogP contribution is -2.42. The third kappa shape index (κ3) is 4.44. The Morgan fingerprint density at radius 1 is 0.939 bits per heavy atom. The number of ether oxygens (including phenoxy) is 2.